The van der Waals surface area contributed by atoms with E-state index in [9.17, 15) is 8.42 Å². The Hall–Kier alpha value is -0.870. The van der Waals surface area contributed by atoms with Crippen LogP contribution in [0.1, 0.15) is 24.8 Å². The van der Waals surface area contributed by atoms with E-state index in [1.165, 1.54) is 19.3 Å². The number of benzene rings is 1. The van der Waals surface area contributed by atoms with Gasteiger partial charge in [-0.05, 0) is 73.8 Å². The van der Waals surface area contributed by atoms with Crippen molar-refractivity contribution in [3.05, 3.63) is 29.8 Å². The fourth-order valence-electron chi connectivity index (χ4n) is 6.07. The van der Waals surface area contributed by atoms with E-state index < -0.39 is 10.1 Å². The predicted octanol–water partition coefficient (Wildman–Crippen LogP) is 2.99. The molecule has 4 aliphatic rings. The number of rotatable bonds is 3. The molecular formula is C17H20O3S. The van der Waals surface area contributed by atoms with Crippen LogP contribution >= 0.6 is 0 Å². The van der Waals surface area contributed by atoms with Gasteiger partial charge in [-0.25, -0.2) is 0 Å². The van der Waals surface area contributed by atoms with Crippen molar-refractivity contribution >= 4 is 10.1 Å². The maximum absolute atomic E-state index is 12.5. The van der Waals surface area contributed by atoms with Gasteiger partial charge in [0.25, 0.3) is 10.1 Å². The third kappa shape index (κ3) is 1.50. The van der Waals surface area contributed by atoms with E-state index in [4.69, 9.17) is 4.18 Å². The van der Waals surface area contributed by atoms with Gasteiger partial charge in [-0.15, -0.1) is 0 Å². The topological polar surface area (TPSA) is 43.4 Å². The Morgan fingerprint density at radius 3 is 2.29 bits per heavy atom. The minimum Gasteiger partial charge on any atom is -0.262 e. The zero-order chi connectivity index (χ0) is 14.4. The molecule has 4 heteroatoms. The first-order valence-electron chi connectivity index (χ1n) is 8.06. The van der Waals surface area contributed by atoms with Crippen molar-refractivity contribution in [3.8, 4) is 0 Å². The van der Waals surface area contributed by atoms with Gasteiger partial charge in [0.2, 0.25) is 0 Å². The molecule has 4 fully saturated rings. The molecule has 0 amide bonds. The highest BCUT2D eigenvalue weighted by Gasteiger charge is 2.73. The van der Waals surface area contributed by atoms with Crippen molar-refractivity contribution in [2.75, 3.05) is 0 Å². The zero-order valence-corrected chi connectivity index (χ0v) is 12.9. The SMILES string of the molecule is Cc1ccc(S(=O)(=O)O[C@@H]2[C@H]3C[C@@H]4[C@@H]5CC[C@@H]3[C@H]5[C@H]42)cc1. The highest BCUT2D eigenvalue weighted by molar-refractivity contribution is 7.86. The van der Waals surface area contributed by atoms with Crippen LogP contribution in [0.4, 0.5) is 0 Å². The molecule has 0 saturated heterocycles. The first-order chi connectivity index (χ1) is 10.1. The lowest BCUT2D eigenvalue weighted by Crippen LogP contribution is -2.45. The number of aryl methyl sites for hydroxylation is 1. The molecule has 4 saturated carbocycles. The first kappa shape index (κ1) is 12.7. The van der Waals surface area contributed by atoms with Crippen molar-refractivity contribution < 1.29 is 12.6 Å². The molecule has 7 atom stereocenters. The molecule has 21 heavy (non-hydrogen) atoms. The van der Waals surface area contributed by atoms with Crippen LogP contribution in [0.5, 0.6) is 0 Å². The van der Waals surface area contributed by atoms with E-state index in [0.717, 1.165) is 29.2 Å². The highest BCUT2D eigenvalue weighted by atomic mass is 32.2. The maximum atomic E-state index is 12.5. The smallest absolute Gasteiger partial charge is 0.262 e. The Balaban J connectivity index is 1.43. The second-order valence-corrected chi connectivity index (χ2v) is 9.02. The molecule has 112 valence electrons. The Morgan fingerprint density at radius 2 is 1.62 bits per heavy atom. The van der Waals surface area contributed by atoms with Crippen molar-refractivity contribution in [1.29, 1.82) is 0 Å². The minimum absolute atomic E-state index is 0.0344. The molecule has 0 spiro atoms. The van der Waals surface area contributed by atoms with Crippen LogP contribution < -0.4 is 0 Å². The molecule has 2 bridgehead atoms. The van der Waals surface area contributed by atoms with Crippen LogP contribution in [0.2, 0.25) is 0 Å². The quantitative estimate of drug-likeness (QED) is 0.806. The number of hydrogen-bond donors (Lipinski definition) is 0. The second kappa shape index (κ2) is 3.90. The van der Waals surface area contributed by atoms with Gasteiger partial charge in [-0.3, -0.25) is 4.18 Å². The molecule has 4 aliphatic carbocycles. The molecule has 1 aromatic rings. The summed E-state index contributed by atoms with van der Waals surface area (Å²) in [6.45, 7) is 1.96. The summed E-state index contributed by atoms with van der Waals surface area (Å²) in [4.78, 5) is 0.304. The van der Waals surface area contributed by atoms with Gasteiger partial charge < -0.3 is 0 Å². The van der Waals surface area contributed by atoms with Crippen molar-refractivity contribution in [3.63, 3.8) is 0 Å². The molecule has 3 nitrogen and oxygen atoms in total. The molecule has 0 N–H and O–H groups in total. The molecular weight excluding hydrogens is 284 g/mol. The van der Waals surface area contributed by atoms with Crippen LogP contribution in [0.25, 0.3) is 0 Å². The van der Waals surface area contributed by atoms with E-state index in [1.807, 2.05) is 19.1 Å². The normalized spacial score (nSPS) is 45.9. The number of fused-ring (bicyclic) bond motifs is 3. The van der Waals surface area contributed by atoms with Crippen LogP contribution in [-0.2, 0) is 14.3 Å². The summed E-state index contributed by atoms with van der Waals surface area (Å²) in [7, 11) is -3.61. The molecule has 0 unspecified atom stereocenters. The van der Waals surface area contributed by atoms with E-state index in [1.54, 1.807) is 12.1 Å². The average Bonchev–Trinajstić information content (AvgIpc) is 2.95. The standard InChI is InChI=1S/C17H20O3S/c1-9-2-4-10(5-3-9)21(18,19)20-17-14-8-13-11-6-7-12(14)15(11)16(13)17/h2-5,11-17H,6-8H2,1H3/t11-,12-,13+,14-,15-,16-,17+/m0/s1. The van der Waals surface area contributed by atoms with Crippen LogP contribution in [-0.4, -0.2) is 14.5 Å². The third-order valence-electron chi connectivity index (χ3n) is 6.75. The van der Waals surface area contributed by atoms with Crippen molar-refractivity contribution in [2.24, 2.45) is 35.5 Å². The van der Waals surface area contributed by atoms with Crippen LogP contribution in [0.3, 0.4) is 0 Å². The lowest BCUT2D eigenvalue weighted by Gasteiger charge is -2.48. The fraction of sp³-hybridized carbons (Fsp3) is 0.647. The van der Waals surface area contributed by atoms with E-state index in [0.29, 0.717) is 16.7 Å². The molecule has 0 radical (unpaired) electrons. The molecule has 1 aromatic carbocycles. The zero-order valence-electron chi connectivity index (χ0n) is 12.1. The summed E-state index contributed by atoms with van der Waals surface area (Å²) in [6.07, 6.45) is 3.86. The van der Waals surface area contributed by atoms with Gasteiger partial charge in [0.1, 0.15) is 0 Å². The first-order valence-corrected chi connectivity index (χ1v) is 9.47. The van der Waals surface area contributed by atoms with Gasteiger partial charge >= 0.3 is 0 Å². The van der Waals surface area contributed by atoms with Gasteiger partial charge in [-0.1, -0.05) is 17.7 Å². The Morgan fingerprint density at radius 1 is 0.952 bits per heavy atom. The van der Waals surface area contributed by atoms with Gasteiger partial charge in [0.05, 0.1) is 11.0 Å². The fourth-order valence-corrected chi connectivity index (χ4v) is 7.22. The van der Waals surface area contributed by atoms with E-state index >= 15 is 0 Å². The molecule has 0 aromatic heterocycles. The third-order valence-corrected chi connectivity index (χ3v) is 8.08. The average molecular weight is 304 g/mol. The molecule has 5 rings (SSSR count). The summed E-state index contributed by atoms with van der Waals surface area (Å²) in [5.41, 5.74) is 1.06. The van der Waals surface area contributed by atoms with Crippen LogP contribution in [0.15, 0.2) is 29.2 Å². The Kier molecular flexibility index (Phi) is 2.35. The predicted molar refractivity (Wildman–Crippen MR) is 78.0 cm³/mol. The summed E-state index contributed by atoms with van der Waals surface area (Å²) < 4.78 is 30.8. The lowest BCUT2D eigenvalue weighted by atomic mass is 9.56. The molecule has 0 aliphatic heterocycles. The van der Waals surface area contributed by atoms with Crippen molar-refractivity contribution in [2.45, 2.75) is 37.2 Å². The number of hydrogen-bond acceptors (Lipinski definition) is 3. The monoisotopic (exact) mass is 304 g/mol. The van der Waals surface area contributed by atoms with E-state index in [-0.39, 0.29) is 6.10 Å². The second-order valence-electron chi connectivity index (χ2n) is 7.45. The lowest BCUT2D eigenvalue weighted by molar-refractivity contribution is -0.0255. The largest absolute Gasteiger partial charge is 0.297 e. The summed E-state index contributed by atoms with van der Waals surface area (Å²) in [5, 5.41) is 0. The van der Waals surface area contributed by atoms with Gasteiger partial charge in [0, 0.05) is 0 Å². The summed E-state index contributed by atoms with van der Waals surface area (Å²) in [6, 6.07) is 6.99. The Labute approximate surface area is 125 Å². The van der Waals surface area contributed by atoms with Gasteiger partial charge in [-0.2, -0.15) is 8.42 Å². The summed E-state index contributed by atoms with van der Waals surface area (Å²) in [5.74, 6) is 4.23. The molecule has 0 heterocycles. The van der Waals surface area contributed by atoms with E-state index in [2.05, 4.69) is 0 Å². The maximum Gasteiger partial charge on any atom is 0.297 e. The van der Waals surface area contributed by atoms with Gasteiger partial charge in [0.15, 0.2) is 0 Å². The highest BCUT2D eigenvalue weighted by Crippen LogP contribution is 2.75. The Bertz CT molecular complexity index is 687. The van der Waals surface area contributed by atoms with Crippen molar-refractivity contribution in [1.82, 2.24) is 0 Å². The summed E-state index contributed by atoms with van der Waals surface area (Å²) >= 11 is 0. The van der Waals surface area contributed by atoms with Crippen LogP contribution in [0, 0.1) is 42.4 Å². The minimum atomic E-state index is -3.61.